The Kier molecular flexibility index (Phi) is 3.85. The van der Waals surface area contributed by atoms with Crippen molar-refractivity contribution in [1.82, 2.24) is 19.9 Å². The zero-order valence-corrected chi connectivity index (χ0v) is 12.9. The summed E-state index contributed by atoms with van der Waals surface area (Å²) in [5.74, 6) is 1.73. The number of nitrogens with zero attached hydrogens (tertiary/aromatic N) is 4. The fraction of sp³-hybridized carbons (Fsp3) is 0.500. The predicted octanol–water partition coefficient (Wildman–Crippen LogP) is 3.09. The molecule has 4 rings (SSSR count). The van der Waals surface area contributed by atoms with Crippen LogP contribution in [-0.2, 0) is 13.0 Å². The third kappa shape index (κ3) is 2.88. The Morgan fingerprint density at radius 1 is 1.14 bits per heavy atom. The lowest BCUT2D eigenvalue weighted by Crippen LogP contribution is -2.34. The zero-order chi connectivity index (χ0) is 14.8. The van der Waals surface area contributed by atoms with E-state index < -0.39 is 0 Å². The van der Waals surface area contributed by atoms with Crippen molar-refractivity contribution >= 4 is 0 Å². The van der Waals surface area contributed by atoms with Crippen LogP contribution in [-0.4, -0.2) is 32.9 Å². The van der Waals surface area contributed by atoms with Gasteiger partial charge in [-0.15, -0.1) is 0 Å². The highest BCUT2D eigenvalue weighted by molar-refractivity contribution is 5.53. The summed E-state index contributed by atoms with van der Waals surface area (Å²) in [7, 11) is 0. The Hall–Kier alpha value is -1.81. The second kappa shape index (κ2) is 6.13. The minimum Gasteiger partial charge on any atom is -0.297 e. The van der Waals surface area contributed by atoms with Gasteiger partial charge in [-0.05, 0) is 42.9 Å². The van der Waals surface area contributed by atoms with Gasteiger partial charge in [-0.3, -0.25) is 9.88 Å². The van der Waals surface area contributed by atoms with Crippen LogP contribution in [0.1, 0.15) is 36.9 Å². The molecule has 0 bridgehead atoms. The van der Waals surface area contributed by atoms with E-state index in [-0.39, 0.29) is 0 Å². The van der Waals surface area contributed by atoms with E-state index in [4.69, 9.17) is 4.98 Å². The molecule has 0 atom stereocenters. The number of aromatic nitrogens is 3. The van der Waals surface area contributed by atoms with E-state index in [1.807, 2.05) is 18.3 Å². The maximum Gasteiger partial charge on any atom is 0.159 e. The third-order valence-electron chi connectivity index (χ3n) is 4.95. The monoisotopic (exact) mass is 294 g/mol. The Labute approximate surface area is 131 Å². The van der Waals surface area contributed by atoms with Crippen molar-refractivity contribution in [2.24, 2.45) is 5.92 Å². The molecule has 2 aliphatic rings. The van der Waals surface area contributed by atoms with Crippen LogP contribution in [0.5, 0.6) is 0 Å². The van der Waals surface area contributed by atoms with Gasteiger partial charge >= 0.3 is 0 Å². The van der Waals surface area contributed by atoms with Gasteiger partial charge in [-0.1, -0.05) is 12.8 Å². The van der Waals surface area contributed by atoms with Crippen LogP contribution < -0.4 is 0 Å². The normalized spacial score (nSPS) is 19.3. The summed E-state index contributed by atoms with van der Waals surface area (Å²) in [5, 5.41) is 0. The van der Waals surface area contributed by atoms with Gasteiger partial charge in [-0.25, -0.2) is 9.97 Å². The van der Waals surface area contributed by atoms with E-state index in [0.29, 0.717) is 0 Å². The van der Waals surface area contributed by atoms with Crippen LogP contribution in [0.3, 0.4) is 0 Å². The van der Waals surface area contributed by atoms with Crippen molar-refractivity contribution in [1.29, 1.82) is 0 Å². The summed E-state index contributed by atoms with van der Waals surface area (Å²) in [4.78, 5) is 16.0. The van der Waals surface area contributed by atoms with Gasteiger partial charge in [0.05, 0.1) is 5.69 Å². The summed E-state index contributed by atoms with van der Waals surface area (Å²) in [5.41, 5.74) is 3.58. The van der Waals surface area contributed by atoms with Crippen molar-refractivity contribution in [2.75, 3.05) is 13.1 Å². The molecule has 0 radical (unpaired) electrons. The largest absolute Gasteiger partial charge is 0.297 e. The van der Waals surface area contributed by atoms with E-state index in [9.17, 15) is 0 Å². The van der Waals surface area contributed by atoms with Crippen LogP contribution in [0, 0.1) is 5.92 Å². The van der Waals surface area contributed by atoms with Crippen LogP contribution in [0.25, 0.3) is 11.4 Å². The minimum absolute atomic E-state index is 0.823. The van der Waals surface area contributed by atoms with E-state index in [1.165, 1.54) is 43.5 Å². The molecular formula is C18H22N4. The van der Waals surface area contributed by atoms with Crippen molar-refractivity contribution in [3.05, 3.63) is 42.0 Å². The average Bonchev–Trinajstić information content (AvgIpc) is 3.08. The first kappa shape index (κ1) is 13.8. The van der Waals surface area contributed by atoms with Gasteiger partial charge in [0.1, 0.15) is 0 Å². The molecule has 22 heavy (non-hydrogen) atoms. The summed E-state index contributed by atoms with van der Waals surface area (Å²) in [6, 6.07) is 3.95. The van der Waals surface area contributed by atoms with Gasteiger partial charge in [0.2, 0.25) is 0 Å². The molecule has 3 heterocycles. The lowest BCUT2D eigenvalue weighted by Gasteiger charge is -2.30. The summed E-state index contributed by atoms with van der Waals surface area (Å²) < 4.78 is 0. The highest BCUT2D eigenvalue weighted by atomic mass is 15.1. The second-order valence-corrected chi connectivity index (χ2v) is 6.54. The molecule has 0 unspecified atom stereocenters. The molecule has 0 spiro atoms. The SMILES string of the molecule is c1cc(-c2ncc3c(n2)CN(CC2CCCC2)CC3)ccn1. The lowest BCUT2D eigenvalue weighted by molar-refractivity contribution is 0.211. The number of fused-ring (bicyclic) bond motifs is 1. The van der Waals surface area contributed by atoms with Crippen LogP contribution in [0.4, 0.5) is 0 Å². The number of rotatable bonds is 3. The van der Waals surface area contributed by atoms with Gasteiger partial charge in [0.15, 0.2) is 5.82 Å². The topological polar surface area (TPSA) is 41.9 Å². The highest BCUT2D eigenvalue weighted by Gasteiger charge is 2.23. The molecule has 1 aliphatic heterocycles. The quantitative estimate of drug-likeness (QED) is 0.872. The molecular weight excluding hydrogens is 272 g/mol. The van der Waals surface area contributed by atoms with Gasteiger partial charge in [0, 0.05) is 43.8 Å². The number of hydrogen-bond acceptors (Lipinski definition) is 4. The zero-order valence-electron chi connectivity index (χ0n) is 12.9. The Morgan fingerprint density at radius 3 is 2.77 bits per heavy atom. The summed E-state index contributed by atoms with van der Waals surface area (Å²) >= 11 is 0. The first-order valence-corrected chi connectivity index (χ1v) is 8.36. The summed E-state index contributed by atoms with van der Waals surface area (Å²) in [6.07, 6.45) is 12.4. The molecule has 1 aliphatic carbocycles. The van der Waals surface area contributed by atoms with Crippen LogP contribution in [0.2, 0.25) is 0 Å². The van der Waals surface area contributed by atoms with E-state index in [2.05, 4.69) is 14.9 Å². The molecule has 0 N–H and O–H groups in total. The molecule has 0 aromatic carbocycles. The molecule has 1 fully saturated rings. The van der Waals surface area contributed by atoms with Crippen molar-refractivity contribution in [3.63, 3.8) is 0 Å². The van der Waals surface area contributed by atoms with E-state index >= 15 is 0 Å². The standard InChI is InChI=1S/C18H22N4/c1-2-4-14(3-1)12-22-10-7-16-11-20-18(21-17(16)13-22)15-5-8-19-9-6-15/h5-6,8-9,11,14H,1-4,7,10,12-13H2. The Morgan fingerprint density at radius 2 is 1.95 bits per heavy atom. The minimum atomic E-state index is 0.823. The molecule has 2 aromatic heterocycles. The highest BCUT2D eigenvalue weighted by Crippen LogP contribution is 2.27. The van der Waals surface area contributed by atoms with Crippen molar-refractivity contribution in [2.45, 2.75) is 38.6 Å². The molecule has 0 amide bonds. The molecule has 1 saturated carbocycles. The van der Waals surface area contributed by atoms with Gasteiger partial charge in [-0.2, -0.15) is 0 Å². The average molecular weight is 294 g/mol. The van der Waals surface area contributed by atoms with Crippen molar-refractivity contribution < 1.29 is 0 Å². The van der Waals surface area contributed by atoms with E-state index in [0.717, 1.165) is 36.8 Å². The number of pyridine rings is 1. The van der Waals surface area contributed by atoms with Crippen LogP contribution in [0.15, 0.2) is 30.7 Å². The Bertz CT molecular complexity index is 635. The van der Waals surface area contributed by atoms with Crippen molar-refractivity contribution in [3.8, 4) is 11.4 Å². The fourth-order valence-electron chi connectivity index (χ4n) is 3.71. The smallest absolute Gasteiger partial charge is 0.159 e. The number of hydrogen-bond donors (Lipinski definition) is 0. The second-order valence-electron chi connectivity index (χ2n) is 6.54. The first-order chi connectivity index (χ1) is 10.9. The predicted molar refractivity (Wildman–Crippen MR) is 86.2 cm³/mol. The molecule has 4 nitrogen and oxygen atoms in total. The summed E-state index contributed by atoms with van der Waals surface area (Å²) in [6.45, 7) is 3.38. The van der Waals surface area contributed by atoms with Gasteiger partial charge in [0.25, 0.3) is 0 Å². The fourth-order valence-corrected chi connectivity index (χ4v) is 3.71. The first-order valence-electron chi connectivity index (χ1n) is 8.36. The van der Waals surface area contributed by atoms with Crippen LogP contribution >= 0.6 is 0 Å². The molecule has 4 heteroatoms. The van der Waals surface area contributed by atoms with Gasteiger partial charge < -0.3 is 0 Å². The lowest BCUT2D eigenvalue weighted by atomic mass is 10.0. The maximum atomic E-state index is 4.83. The van der Waals surface area contributed by atoms with E-state index in [1.54, 1.807) is 12.4 Å². The Balaban J connectivity index is 1.52. The third-order valence-corrected chi connectivity index (χ3v) is 4.95. The maximum absolute atomic E-state index is 4.83. The molecule has 114 valence electrons. The molecule has 0 saturated heterocycles. The molecule has 2 aromatic rings.